The lowest BCUT2D eigenvalue weighted by Gasteiger charge is -2.25. The quantitative estimate of drug-likeness (QED) is 0.776. The van der Waals surface area contributed by atoms with Crippen LogP contribution < -0.4 is 0 Å². The number of aromatic nitrogens is 2. The minimum atomic E-state index is -0.890. The largest absolute Gasteiger partial charge is 0.481 e. The summed E-state index contributed by atoms with van der Waals surface area (Å²) in [4.78, 5) is 25.1. The van der Waals surface area contributed by atoms with Crippen molar-refractivity contribution in [2.45, 2.75) is 52.1 Å². The van der Waals surface area contributed by atoms with Crippen LogP contribution >= 0.6 is 0 Å². The number of nitrogens with zero attached hydrogens (tertiary/aromatic N) is 3. The molecule has 7 heteroatoms. The molecule has 2 rings (SSSR count). The fourth-order valence-electron chi connectivity index (χ4n) is 3.15. The molecule has 0 saturated carbocycles. The Kier molecular flexibility index (Phi) is 6.36. The van der Waals surface area contributed by atoms with Crippen molar-refractivity contribution in [3.8, 4) is 0 Å². The number of hydrogen-bond donors (Lipinski definition) is 1. The molecule has 1 fully saturated rings. The molecule has 7 nitrogen and oxygen atoms in total. The number of rotatable bonds is 8. The van der Waals surface area contributed by atoms with E-state index < -0.39 is 5.97 Å². The fraction of sp³-hybridized carbons (Fsp3) is 0.706. The number of hydrogen-bond acceptors (Lipinski definition) is 4. The second-order valence-corrected chi connectivity index (χ2v) is 6.39. The Bertz CT molecular complexity index is 591. The molecule has 134 valence electrons. The predicted octanol–water partition coefficient (Wildman–Crippen LogP) is 1.45. The number of carbonyl (C=O) groups is 2. The summed E-state index contributed by atoms with van der Waals surface area (Å²) < 4.78 is 7.41. The van der Waals surface area contributed by atoms with E-state index in [0.717, 1.165) is 36.4 Å². The van der Waals surface area contributed by atoms with Gasteiger partial charge < -0.3 is 14.7 Å². The number of carboxylic acids is 1. The van der Waals surface area contributed by atoms with Gasteiger partial charge in [0.25, 0.3) is 0 Å². The van der Waals surface area contributed by atoms with Gasteiger partial charge in [-0.15, -0.1) is 0 Å². The highest BCUT2D eigenvalue weighted by Gasteiger charge is 2.23. The van der Waals surface area contributed by atoms with Crippen molar-refractivity contribution in [1.29, 1.82) is 0 Å². The first-order chi connectivity index (χ1) is 11.4. The molecule has 24 heavy (non-hydrogen) atoms. The Morgan fingerprint density at radius 2 is 2.12 bits per heavy atom. The minimum Gasteiger partial charge on any atom is -0.481 e. The molecule has 1 amide bonds. The van der Waals surface area contributed by atoms with Gasteiger partial charge in [-0.3, -0.25) is 14.3 Å². The average Bonchev–Trinajstić information content (AvgIpc) is 3.11. The first-order valence-corrected chi connectivity index (χ1v) is 8.48. The average molecular weight is 337 g/mol. The lowest BCUT2D eigenvalue weighted by atomic mass is 10.1. The molecule has 0 aromatic carbocycles. The van der Waals surface area contributed by atoms with E-state index in [9.17, 15) is 9.59 Å². The Hall–Kier alpha value is -1.89. The zero-order valence-electron chi connectivity index (χ0n) is 14.7. The molecule has 0 bridgehead atoms. The van der Waals surface area contributed by atoms with Crippen molar-refractivity contribution < 1.29 is 19.4 Å². The lowest BCUT2D eigenvalue weighted by Crippen LogP contribution is -2.39. The van der Waals surface area contributed by atoms with Gasteiger partial charge in [0, 0.05) is 38.9 Å². The molecular weight excluding hydrogens is 310 g/mol. The third kappa shape index (κ3) is 4.80. The Morgan fingerprint density at radius 3 is 2.67 bits per heavy atom. The highest BCUT2D eigenvalue weighted by molar-refractivity contribution is 5.77. The topological polar surface area (TPSA) is 84.7 Å². The summed E-state index contributed by atoms with van der Waals surface area (Å²) in [6.45, 7) is 5.38. The van der Waals surface area contributed by atoms with E-state index in [1.54, 1.807) is 4.90 Å². The summed E-state index contributed by atoms with van der Waals surface area (Å²) in [5.74, 6) is -0.909. The van der Waals surface area contributed by atoms with Gasteiger partial charge in [-0.05, 0) is 38.7 Å². The van der Waals surface area contributed by atoms with E-state index in [4.69, 9.17) is 9.84 Å². The van der Waals surface area contributed by atoms with Crippen LogP contribution in [0.1, 0.15) is 42.6 Å². The molecule has 0 spiro atoms. The van der Waals surface area contributed by atoms with Gasteiger partial charge in [0.1, 0.15) is 0 Å². The molecule has 1 aromatic heterocycles. The maximum atomic E-state index is 12.6. The Morgan fingerprint density at radius 1 is 1.38 bits per heavy atom. The molecule has 1 N–H and O–H groups in total. The summed E-state index contributed by atoms with van der Waals surface area (Å²) in [6.07, 6.45) is 2.91. The monoisotopic (exact) mass is 337 g/mol. The van der Waals surface area contributed by atoms with Gasteiger partial charge in [-0.1, -0.05) is 0 Å². The molecule has 1 atom stereocenters. The zero-order chi connectivity index (χ0) is 17.7. The van der Waals surface area contributed by atoms with Crippen LogP contribution in [0, 0.1) is 13.8 Å². The summed E-state index contributed by atoms with van der Waals surface area (Å²) in [5, 5.41) is 13.3. The van der Waals surface area contributed by atoms with E-state index in [-0.39, 0.29) is 25.0 Å². The summed E-state index contributed by atoms with van der Waals surface area (Å²) in [5.41, 5.74) is 3.11. The Labute approximate surface area is 142 Å². The molecule has 1 aliphatic rings. The van der Waals surface area contributed by atoms with E-state index in [1.807, 2.05) is 25.6 Å². The van der Waals surface area contributed by atoms with Crippen LogP contribution in [0.4, 0.5) is 0 Å². The number of aryl methyl sites for hydroxylation is 2. The van der Waals surface area contributed by atoms with Crippen molar-refractivity contribution in [1.82, 2.24) is 14.7 Å². The maximum absolute atomic E-state index is 12.6. The molecule has 1 aromatic rings. The summed E-state index contributed by atoms with van der Waals surface area (Å²) in [7, 11) is 1.89. The van der Waals surface area contributed by atoms with Crippen molar-refractivity contribution in [3.05, 3.63) is 17.0 Å². The second kappa shape index (κ2) is 8.28. The number of carbonyl (C=O) groups excluding carboxylic acids is 1. The van der Waals surface area contributed by atoms with Gasteiger partial charge in [0.15, 0.2) is 0 Å². The molecule has 0 aliphatic carbocycles. The van der Waals surface area contributed by atoms with Crippen LogP contribution in [-0.4, -0.2) is 57.5 Å². The SMILES string of the molecule is Cc1nn(C)c(C)c1CCC(=O)N(CCC(=O)O)C[C@H]1CCCO1. The molecule has 2 heterocycles. The summed E-state index contributed by atoms with van der Waals surface area (Å²) >= 11 is 0. The third-order valence-electron chi connectivity index (χ3n) is 4.64. The first kappa shape index (κ1) is 18.4. The molecule has 1 saturated heterocycles. The Balaban J connectivity index is 1.96. The lowest BCUT2D eigenvalue weighted by molar-refractivity contribution is -0.139. The van der Waals surface area contributed by atoms with Crippen LogP contribution in [0.5, 0.6) is 0 Å². The van der Waals surface area contributed by atoms with Crippen LogP contribution in [0.2, 0.25) is 0 Å². The van der Waals surface area contributed by atoms with E-state index in [0.29, 0.717) is 19.4 Å². The van der Waals surface area contributed by atoms with Crippen molar-refractivity contribution in [2.24, 2.45) is 7.05 Å². The predicted molar refractivity (Wildman–Crippen MR) is 88.8 cm³/mol. The molecule has 1 aliphatic heterocycles. The van der Waals surface area contributed by atoms with Crippen LogP contribution in [0.25, 0.3) is 0 Å². The maximum Gasteiger partial charge on any atom is 0.305 e. The fourth-order valence-corrected chi connectivity index (χ4v) is 3.15. The molecule has 0 radical (unpaired) electrons. The van der Waals surface area contributed by atoms with Gasteiger partial charge in [-0.2, -0.15) is 5.10 Å². The number of aliphatic carboxylic acids is 1. The zero-order valence-corrected chi connectivity index (χ0v) is 14.7. The normalized spacial score (nSPS) is 17.2. The first-order valence-electron chi connectivity index (χ1n) is 8.48. The van der Waals surface area contributed by atoms with Crippen molar-refractivity contribution in [3.63, 3.8) is 0 Å². The molecule has 0 unspecified atom stereocenters. The van der Waals surface area contributed by atoms with E-state index >= 15 is 0 Å². The van der Waals surface area contributed by atoms with Crippen LogP contribution in [0.15, 0.2) is 0 Å². The smallest absolute Gasteiger partial charge is 0.305 e. The summed E-state index contributed by atoms with van der Waals surface area (Å²) in [6, 6.07) is 0. The van der Waals surface area contributed by atoms with Crippen molar-refractivity contribution in [2.75, 3.05) is 19.7 Å². The van der Waals surface area contributed by atoms with E-state index in [1.165, 1.54) is 0 Å². The van der Waals surface area contributed by atoms with Crippen molar-refractivity contribution >= 4 is 11.9 Å². The molecular formula is C17H27N3O4. The highest BCUT2D eigenvalue weighted by Crippen LogP contribution is 2.17. The second-order valence-electron chi connectivity index (χ2n) is 6.39. The highest BCUT2D eigenvalue weighted by atomic mass is 16.5. The third-order valence-corrected chi connectivity index (χ3v) is 4.64. The minimum absolute atomic E-state index is 0.0191. The number of amides is 1. The van der Waals surface area contributed by atoms with Crippen LogP contribution in [-0.2, 0) is 27.8 Å². The number of carboxylic acid groups (broad SMARTS) is 1. The van der Waals surface area contributed by atoms with Crippen LogP contribution in [0.3, 0.4) is 0 Å². The van der Waals surface area contributed by atoms with Gasteiger partial charge in [0.2, 0.25) is 5.91 Å². The standard InChI is InChI=1S/C17H27N3O4/c1-12-15(13(2)19(3)18-12)6-7-16(21)20(9-8-17(22)23)11-14-5-4-10-24-14/h14H,4-11H2,1-3H3,(H,22,23)/t14-/m1/s1. The number of ether oxygens (including phenoxy) is 1. The van der Waals surface area contributed by atoms with Gasteiger partial charge in [-0.25, -0.2) is 0 Å². The van der Waals surface area contributed by atoms with E-state index in [2.05, 4.69) is 5.10 Å². The van der Waals surface area contributed by atoms with Gasteiger partial charge >= 0.3 is 5.97 Å². The van der Waals surface area contributed by atoms with Gasteiger partial charge in [0.05, 0.1) is 18.2 Å².